The standard InChI is InChI=1S/C24H26F6N2O3/c1-15(16-10-18(23(25,26)27)12-19(11-16)24(28,29)30)34-14-22(17-6-4-3-5-7-17)9-8-20(13-32-22)35-21(33)31-2/h3-7,10-12,15,20,32H,8-9,13-14H2,1-2H3,(H,31,33)/t15?,20?,22-/m1/s1. The smallest absolute Gasteiger partial charge is 0.416 e. The number of halogens is 6. The van der Waals surface area contributed by atoms with Gasteiger partial charge in [0.25, 0.3) is 0 Å². The molecule has 0 radical (unpaired) electrons. The van der Waals surface area contributed by atoms with Gasteiger partial charge in [0.1, 0.15) is 6.10 Å². The van der Waals surface area contributed by atoms with Crippen LogP contribution in [0.4, 0.5) is 31.1 Å². The monoisotopic (exact) mass is 504 g/mol. The number of piperidine rings is 1. The van der Waals surface area contributed by atoms with Crippen molar-refractivity contribution in [3.05, 3.63) is 70.8 Å². The zero-order chi connectivity index (χ0) is 25.9. The molecule has 2 N–H and O–H groups in total. The summed E-state index contributed by atoms with van der Waals surface area (Å²) < 4.78 is 90.7. The first-order chi connectivity index (χ1) is 16.3. The van der Waals surface area contributed by atoms with Crippen LogP contribution in [-0.2, 0) is 27.4 Å². The predicted octanol–water partition coefficient (Wildman–Crippen LogP) is 5.81. The average Bonchev–Trinajstić information content (AvgIpc) is 2.82. The van der Waals surface area contributed by atoms with Crippen LogP contribution in [0.1, 0.15) is 48.1 Å². The third-order valence-corrected chi connectivity index (χ3v) is 6.02. The summed E-state index contributed by atoms with van der Waals surface area (Å²) in [6.07, 6.45) is -11.0. The van der Waals surface area contributed by atoms with E-state index in [9.17, 15) is 31.1 Å². The summed E-state index contributed by atoms with van der Waals surface area (Å²) in [5, 5.41) is 5.70. The zero-order valence-corrected chi connectivity index (χ0v) is 19.1. The fourth-order valence-corrected chi connectivity index (χ4v) is 4.01. The van der Waals surface area contributed by atoms with E-state index >= 15 is 0 Å². The first kappa shape index (κ1) is 26.8. The highest BCUT2D eigenvalue weighted by Crippen LogP contribution is 2.39. The molecule has 1 saturated heterocycles. The molecule has 1 amide bonds. The van der Waals surface area contributed by atoms with Gasteiger partial charge in [0, 0.05) is 13.6 Å². The Morgan fingerprint density at radius 1 is 1.09 bits per heavy atom. The van der Waals surface area contributed by atoms with Gasteiger partial charge in [-0.3, -0.25) is 0 Å². The van der Waals surface area contributed by atoms with Gasteiger partial charge in [-0.15, -0.1) is 0 Å². The molecule has 11 heteroatoms. The molecule has 0 aliphatic carbocycles. The lowest BCUT2D eigenvalue weighted by atomic mass is 9.82. The lowest BCUT2D eigenvalue weighted by Gasteiger charge is -2.41. The average molecular weight is 504 g/mol. The third-order valence-electron chi connectivity index (χ3n) is 6.02. The first-order valence-electron chi connectivity index (χ1n) is 10.9. The molecule has 0 aromatic heterocycles. The molecule has 1 aliphatic heterocycles. The van der Waals surface area contributed by atoms with Crippen LogP contribution in [0.2, 0.25) is 0 Å². The SMILES string of the molecule is CNC(=O)OC1CC[C@@](COC(C)c2cc(C(F)(F)F)cc(C(F)(F)F)c2)(c2ccccc2)NC1. The molecule has 2 aromatic carbocycles. The van der Waals surface area contributed by atoms with E-state index < -0.39 is 47.3 Å². The number of amides is 1. The molecular weight excluding hydrogens is 478 g/mol. The van der Waals surface area contributed by atoms with Crippen molar-refractivity contribution >= 4 is 6.09 Å². The summed E-state index contributed by atoms with van der Waals surface area (Å²) in [5.74, 6) is 0. The fourth-order valence-electron chi connectivity index (χ4n) is 4.01. The van der Waals surface area contributed by atoms with Gasteiger partial charge in [0.15, 0.2) is 0 Å². The Balaban J connectivity index is 1.83. The van der Waals surface area contributed by atoms with Gasteiger partial charge in [-0.2, -0.15) is 26.3 Å². The minimum absolute atomic E-state index is 0.0253. The Bertz CT molecular complexity index is 970. The molecule has 1 heterocycles. The maximum Gasteiger partial charge on any atom is 0.416 e. The van der Waals surface area contributed by atoms with E-state index in [4.69, 9.17) is 9.47 Å². The van der Waals surface area contributed by atoms with E-state index in [1.807, 2.05) is 30.3 Å². The van der Waals surface area contributed by atoms with Gasteiger partial charge < -0.3 is 20.1 Å². The maximum absolute atomic E-state index is 13.3. The number of carbonyl (C=O) groups excluding carboxylic acids is 1. The van der Waals surface area contributed by atoms with Gasteiger partial charge in [0.05, 0.1) is 29.4 Å². The van der Waals surface area contributed by atoms with E-state index in [0.717, 1.165) is 5.56 Å². The zero-order valence-electron chi connectivity index (χ0n) is 19.1. The summed E-state index contributed by atoms with van der Waals surface area (Å²) in [4.78, 5) is 11.5. The van der Waals surface area contributed by atoms with Crippen LogP contribution in [0.3, 0.4) is 0 Å². The summed E-state index contributed by atoms with van der Waals surface area (Å²) in [6.45, 7) is 1.68. The molecule has 1 fully saturated rings. The van der Waals surface area contributed by atoms with Crippen LogP contribution in [-0.4, -0.2) is 32.4 Å². The van der Waals surface area contributed by atoms with E-state index in [1.165, 1.54) is 14.0 Å². The van der Waals surface area contributed by atoms with Crippen molar-refractivity contribution in [2.45, 2.75) is 49.9 Å². The molecule has 0 saturated carbocycles. The summed E-state index contributed by atoms with van der Waals surface area (Å²) >= 11 is 0. The largest absolute Gasteiger partial charge is 0.445 e. The highest BCUT2D eigenvalue weighted by Gasteiger charge is 2.40. The van der Waals surface area contributed by atoms with Crippen LogP contribution in [0.5, 0.6) is 0 Å². The van der Waals surface area contributed by atoms with Crippen LogP contribution >= 0.6 is 0 Å². The van der Waals surface area contributed by atoms with Crippen molar-refractivity contribution < 1.29 is 40.6 Å². The molecule has 35 heavy (non-hydrogen) atoms. The normalized spacial score (nSPS) is 21.9. The first-order valence-corrected chi connectivity index (χ1v) is 10.9. The lowest BCUT2D eigenvalue weighted by Crippen LogP contribution is -2.54. The highest BCUT2D eigenvalue weighted by molar-refractivity contribution is 5.66. The Morgan fingerprint density at radius 3 is 2.17 bits per heavy atom. The summed E-state index contributed by atoms with van der Waals surface area (Å²) in [5.41, 5.74) is -2.94. The molecule has 192 valence electrons. The number of rotatable bonds is 6. The number of hydrogen-bond acceptors (Lipinski definition) is 4. The van der Waals surface area contributed by atoms with Crippen LogP contribution in [0.25, 0.3) is 0 Å². The number of nitrogens with one attached hydrogen (secondary N) is 2. The maximum atomic E-state index is 13.3. The molecule has 3 rings (SSSR count). The quantitative estimate of drug-likeness (QED) is 0.488. The van der Waals surface area contributed by atoms with Gasteiger partial charge in [-0.05, 0) is 49.1 Å². The second-order valence-corrected chi connectivity index (χ2v) is 8.44. The Kier molecular flexibility index (Phi) is 8.00. The van der Waals surface area contributed by atoms with Crippen LogP contribution < -0.4 is 10.6 Å². The van der Waals surface area contributed by atoms with Crippen molar-refractivity contribution in [3.8, 4) is 0 Å². The molecule has 0 bridgehead atoms. The topological polar surface area (TPSA) is 59.6 Å². The van der Waals surface area contributed by atoms with E-state index in [2.05, 4.69) is 10.6 Å². The fraction of sp³-hybridized carbons (Fsp3) is 0.458. The molecule has 1 aliphatic rings. The minimum Gasteiger partial charge on any atom is -0.445 e. The molecule has 2 unspecified atom stereocenters. The summed E-state index contributed by atoms with van der Waals surface area (Å²) in [6, 6.07) is 10.6. The number of ether oxygens (including phenoxy) is 2. The highest BCUT2D eigenvalue weighted by atomic mass is 19.4. The number of benzene rings is 2. The molecular formula is C24H26F6N2O3. The minimum atomic E-state index is -4.94. The Labute approximate surface area is 198 Å². The van der Waals surface area contributed by atoms with Crippen molar-refractivity contribution in [1.82, 2.24) is 10.6 Å². The lowest BCUT2D eigenvalue weighted by molar-refractivity contribution is -0.143. The van der Waals surface area contributed by atoms with Crippen LogP contribution in [0, 0.1) is 0 Å². The van der Waals surface area contributed by atoms with Crippen molar-refractivity contribution in [2.24, 2.45) is 0 Å². The number of carbonyl (C=O) groups is 1. The van der Waals surface area contributed by atoms with Crippen molar-refractivity contribution in [3.63, 3.8) is 0 Å². The molecule has 0 spiro atoms. The molecule has 2 aromatic rings. The van der Waals surface area contributed by atoms with Gasteiger partial charge in [-0.25, -0.2) is 4.79 Å². The van der Waals surface area contributed by atoms with Crippen molar-refractivity contribution in [2.75, 3.05) is 20.2 Å². The van der Waals surface area contributed by atoms with Gasteiger partial charge in [-0.1, -0.05) is 30.3 Å². The second kappa shape index (κ2) is 10.4. The van der Waals surface area contributed by atoms with E-state index in [0.29, 0.717) is 31.5 Å². The van der Waals surface area contributed by atoms with Crippen molar-refractivity contribution in [1.29, 1.82) is 0 Å². The second-order valence-electron chi connectivity index (χ2n) is 8.44. The molecule has 3 atom stereocenters. The third kappa shape index (κ3) is 6.66. The Hall–Kier alpha value is -2.79. The summed E-state index contributed by atoms with van der Waals surface area (Å²) in [7, 11) is 1.44. The van der Waals surface area contributed by atoms with Gasteiger partial charge >= 0.3 is 18.4 Å². The number of alkyl halides is 6. The predicted molar refractivity (Wildman–Crippen MR) is 115 cm³/mol. The van der Waals surface area contributed by atoms with Crippen LogP contribution in [0.15, 0.2) is 48.5 Å². The van der Waals surface area contributed by atoms with E-state index in [1.54, 1.807) is 0 Å². The molecule has 5 nitrogen and oxygen atoms in total. The van der Waals surface area contributed by atoms with E-state index in [-0.39, 0.29) is 18.2 Å². The number of hydrogen-bond donors (Lipinski definition) is 2. The number of alkyl carbamates (subject to hydrolysis) is 1. The Morgan fingerprint density at radius 2 is 1.69 bits per heavy atom. The van der Waals surface area contributed by atoms with Gasteiger partial charge in [0.2, 0.25) is 0 Å².